The van der Waals surface area contributed by atoms with Gasteiger partial charge in [0.05, 0.1) is 6.61 Å². The van der Waals surface area contributed by atoms with Crippen molar-refractivity contribution in [2.24, 2.45) is 0 Å². The predicted octanol–water partition coefficient (Wildman–Crippen LogP) is 3.45. The second kappa shape index (κ2) is 7.97. The molecular formula is C18H25NO3. The fourth-order valence-electron chi connectivity index (χ4n) is 2.81. The summed E-state index contributed by atoms with van der Waals surface area (Å²) in [5, 5.41) is 0. The van der Waals surface area contributed by atoms with Crippen LogP contribution in [-0.4, -0.2) is 35.8 Å². The van der Waals surface area contributed by atoms with E-state index < -0.39 is 0 Å². The van der Waals surface area contributed by atoms with Crippen LogP contribution >= 0.6 is 0 Å². The third-order valence-electron chi connectivity index (χ3n) is 4.19. The second-order valence-electron chi connectivity index (χ2n) is 5.96. The van der Waals surface area contributed by atoms with E-state index in [9.17, 15) is 9.59 Å². The lowest BCUT2D eigenvalue weighted by molar-refractivity contribution is -0.134. The third kappa shape index (κ3) is 4.58. The molecule has 0 spiro atoms. The molecule has 4 heteroatoms. The van der Waals surface area contributed by atoms with Crippen LogP contribution in [0.15, 0.2) is 24.3 Å². The van der Waals surface area contributed by atoms with E-state index in [0.717, 1.165) is 31.6 Å². The monoisotopic (exact) mass is 303 g/mol. The first kappa shape index (κ1) is 16.5. The Bertz CT molecular complexity index is 510. The molecule has 1 saturated heterocycles. The topological polar surface area (TPSA) is 46.6 Å². The molecule has 0 saturated carbocycles. The normalized spacial score (nSPS) is 18.1. The van der Waals surface area contributed by atoms with E-state index in [1.54, 1.807) is 31.2 Å². The van der Waals surface area contributed by atoms with Gasteiger partial charge in [0, 0.05) is 24.6 Å². The lowest BCUT2D eigenvalue weighted by Gasteiger charge is -2.33. The molecule has 22 heavy (non-hydrogen) atoms. The van der Waals surface area contributed by atoms with Gasteiger partial charge in [-0.15, -0.1) is 0 Å². The van der Waals surface area contributed by atoms with E-state index >= 15 is 0 Å². The van der Waals surface area contributed by atoms with E-state index in [4.69, 9.17) is 4.74 Å². The third-order valence-corrected chi connectivity index (χ3v) is 4.19. The first-order valence-corrected chi connectivity index (χ1v) is 8.11. The Morgan fingerprint density at radius 3 is 2.59 bits per heavy atom. The smallest absolute Gasteiger partial charge is 0.222 e. The Morgan fingerprint density at radius 2 is 1.95 bits per heavy atom. The zero-order valence-electron chi connectivity index (χ0n) is 13.5. The lowest BCUT2D eigenvalue weighted by Crippen LogP contribution is -2.42. The zero-order valence-corrected chi connectivity index (χ0v) is 13.5. The summed E-state index contributed by atoms with van der Waals surface area (Å²) in [6.07, 6.45) is 4.72. The highest BCUT2D eigenvalue weighted by molar-refractivity contribution is 5.94. The number of nitrogens with zero attached hydrogens (tertiary/aromatic N) is 1. The van der Waals surface area contributed by atoms with Gasteiger partial charge in [-0.1, -0.05) is 0 Å². The first-order chi connectivity index (χ1) is 10.6. The fourth-order valence-corrected chi connectivity index (χ4v) is 2.81. The number of ketones is 1. The second-order valence-corrected chi connectivity index (χ2v) is 5.96. The number of ether oxygens (including phenoxy) is 1. The summed E-state index contributed by atoms with van der Waals surface area (Å²) in [4.78, 5) is 25.4. The summed E-state index contributed by atoms with van der Waals surface area (Å²) in [7, 11) is 0. The fraction of sp³-hybridized carbons (Fsp3) is 0.556. The number of piperidine rings is 1. The molecule has 1 aromatic rings. The maximum absolute atomic E-state index is 12.2. The standard InChI is InChI=1S/C18H25NO3/c1-14-6-3-4-12-19(14)18(21)7-5-13-22-17-10-8-16(9-11-17)15(2)20/h8-11,14H,3-7,12-13H2,1-2H3/t14-/m1/s1. The van der Waals surface area contributed by atoms with Crippen molar-refractivity contribution in [1.29, 1.82) is 0 Å². The van der Waals surface area contributed by atoms with Crippen molar-refractivity contribution < 1.29 is 14.3 Å². The molecule has 120 valence electrons. The van der Waals surface area contributed by atoms with E-state index in [-0.39, 0.29) is 11.7 Å². The number of likely N-dealkylation sites (tertiary alicyclic amines) is 1. The van der Waals surface area contributed by atoms with Crippen LogP contribution in [0.25, 0.3) is 0 Å². The Hall–Kier alpha value is -1.84. The SMILES string of the molecule is CC(=O)c1ccc(OCCCC(=O)N2CCCC[C@H]2C)cc1. The van der Waals surface area contributed by atoms with Crippen LogP contribution in [0, 0.1) is 0 Å². The average molecular weight is 303 g/mol. The molecule has 0 N–H and O–H groups in total. The van der Waals surface area contributed by atoms with Gasteiger partial charge in [0.2, 0.25) is 5.91 Å². The van der Waals surface area contributed by atoms with Crippen molar-refractivity contribution in [1.82, 2.24) is 4.90 Å². The Labute approximate surface area is 132 Å². The van der Waals surface area contributed by atoms with Gasteiger partial charge >= 0.3 is 0 Å². The molecule has 0 unspecified atom stereocenters. The number of amides is 1. The minimum Gasteiger partial charge on any atom is -0.494 e. The Kier molecular flexibility index (Phi) is 5.99. The molecule has 1 aromatic carbocycles. The molecule has 1 atom stereocenters. The molecular weight excluding hydrogens is 278 g/mol. The van der Waals surface area contributed by atoms with Crippen molar-refractivity contribution in [3.8, 4) is 5.75 Å². The summed E-state index contributed by atoms with van der Waals surface area (Å²) in [5.74, 6) is 1.03. The molecule has 1 heterocycles. The molecule has 1 amide bonds. The van der Waals surface area contributed by atoms with Crippen LogP contribution in [0.3, 0.4) is 0 Å². The van der Waals surface area contributed by atoms with Gasteiger partial charge in [-0.25, -0.2) is 0 Å². The molecule has 1 fully saturated rings. The highest BCUT2D eigenvalue weighted by atomic mass is 16.5. The predicted molar refractivity (Wildman–Crippen MR) is 86.2 cm³/mol. The first-order valence-electron chi connectivity index (χ1n) is 8.11. The lowest BCUT2D eigenvalue weighted by atomic mass is 10.0. The van der Waals surface area contributed by atoms with Crippen LogP contribution < -0.4 is 4.74 Å². The minimum absolute atomic E-state index is 0.0489. The Balaban J connectivity index is 1.70. The van der Waals surface area contributed by atoms with E-state index in [1.807, 2.05) is 4.90 Å². The number of hydrogen-bond acceptors (Lipinski definition) is 3. The van der Waals surface area contributed by atoms with Crippen LogP contribution in [0.1, 0.15) is 56.3 Å². The van der Waals surface area contributed by atoms with Gasteiger partial charge in [-0.3, -0.25) is 9.59 Å². The summed E-state index contributed by atoms with van der Waals surface area (Å²) >= 11 is 0. The van der Waals surface area contributed by atoms with Gasteiger partial charge in [0.15, 0.2) is 5.78 Å². The summed E-state index contributed by atoms with van der Waals surface area (Å²) in [5.41, 5.74) is 0.682. The van der Waals surface area contributed by atoms with Gasteiger partial charge < -0.3 is 9.64 Å². The van der Waals surface area contributed by atoms with Gasteiger partial charge in [-0.05, 0) is 63.8 Å². The van der Waals surface area contributed by atoms with Crippen molar-refractivity contribution in [3.05, 3.63) is 29.8 Å². The quantitative estimate of drug-likeness (QED) is 0.597. The van der Waals surface area contributed by atoms with E-state index in [1.165, 1.54) is 6.42 Å². The molecule has 0 aliphatic carbocycles. The summed E-state index contributed by atoms with van der Waals surface area (Å²) < 4.78 is 5.62. The molecule has 0 bridgehead atoms. The number of rotatable bonds is 6. The maximum atomic E-state index is 12.2. The maximum Gasteiger partial charge on any atom is 0.222 e. The van der Waals surface area contributed by atoms with Crippen molar-refractivity contribution in [2.75, 3.05) is 13.2 Å². The van der Waals surface area contributed by atoms with E-state index in [0.29, 0.717) is 24.6 Å². The van der Waals surface area contributed by atoms with Crippen molar-refractivity contribution in [2.45, 2.75) is 52.0 Å². The van der Waals surface area contributed by atoms with Crippen LogP contribution in [-0.2, 0) is 4.79 Å². The molecule has 0 radical (unpaired) electrons. The van der Waals surface area contributed by atoms with Crippen molar-refractivity contribution >= 4 is 11.7 Å². The summed E-state index contributed by atoms with van der Waals surface area (Å²) in [6, 6.07) is 7.49. The van der Waals surface area contributed by atoms with E-state index in [2.05, 4.69) is 6.92 Å². The molecule has 0 aromatic heterocycles. The largest absolute Gasteiger partial charge is 0.494 e. The number of carbonyl (C=O) groups is 2. The van der Waals surface area contributed by atoms with Crippen molar-refractivity contribution in [3.63, 3.8) is 0 Å². The van der Waals surface area contributed by atoms with Crippen LogP contribution in [0.4, 0.5) is 0 Å². The number of benzene rings is 1. The molecule has 1 aliphatic heterocycles. The highest BCUT2D eigenvalue weighted by Gasteiger charge is 2.22. The van der Waals surface area contributed by atoms with Crippen LogP contribution in [0.5, 0.6) is 5.75 Å². The molecule has 4 nitrogen and oxygen atoms in total. The number of hydrogen-bond donors (Lipinski definition) is 0. The van der Waals surface area contributed by atoms with Gasteiger partial charge in [-0.2, -0.15) is 0 Å². The molecule has 2 rings (SSSR count). The van der Waals surface area contributed by atoms with Crippen LogP contribution in [0.2, 0.25) is 0 Å². The average Bonchev–Trinajstić information content (AvgIpc) is 2.52. The summed E-state index contributed by atoms with van der Waals surface area (Å²) in [6.45, 7) is 5.09. The Morgan fingerprint density at radius 1 is 1.23 bits per heavy atom. The number of Topliss-reactive ketones (excluding diaryl/α,β-unsaturated/α-hetero) is 1. The van der Waals surface area contributed by atoms with Gasteiger partial charge in [0.1, 0.15) is 5.75 Å². The number of carbonyl (C=O) groups excluding carboxylic acids is 2. The highest BCUT2D eigenvalue weighted by Crippen LogP contribution is 2.18. The molecule has 1 aliphatic rings. The minimum atomic E-state index is 0.0489. The zero-order chi connectivity index (χ0) is 15.9. The van der Waals surface area contributed by atoms with Gasteiger partial charge in [0.25, 0.3) is 0 Å².